The fraction of sp³-hybridized carbons (Fsp3) is 0.417. The van der Waals surface area contributed by atoms with Crippen LogP contribution in [0.3, 0.4) is 0 Å². The third kappa shape index (κ3) is 1.16. The average Bonchev–Trinajstić information content (AvgIpc) is 2.61. The van der Waals surface area contributed by atoms with E-state index in [1.165, 1.54) is 0 Å². The highest BCUT2D eigenvalue weighted by Crippen LogP contribution is 2.41. The zero-order valence-corrected chi connectivity index (χ0v) is 8.64. The summed E-state index contributed by atoms with van der Waals surface area (Å²) in [6.07, 6.45) is 0. The van der Waals surface area contributed by atoms with Crippen LogP contribution in [-0.4, -0.2) is 26.2 Å². The van der Waals surface area contributed by atoms with Gasteiger partial charge in [-0.1, -0.05) is 18.2 Å². The number of benzene rings is 1. The molecule has 0 bridgehead atoms. The Kier molecular flexibility index (Phi) is 1.75. The molecule has 0 spiro atoms. The van der Waals surface area contributed by atoms with Crippen molar-refractivity contribution in [3.8, 4) is 0 Å². The summed E-state index contributed by atoms with van der Waals surface area (Å²) in [6.45, 7) is 1.48. The number of anilines is 1. The molecule has 2 aliphatic rings. The minimum absolute atomic E-state index is 0.0302. The van der Waals surface area contributed by atoms with Gasteiger partial charge in [-0.15, -0.1) is 0 Å². The van der Waals surface area contributed by atoms with Gasteiger partial charge in [-0.3, -0.25) is 4.79 Å². The first-order valence-corrected chi connectivity index (χ1v) is 5.24. The normalized spacial score (nSPS) is 28.3. The van der Waals surface area contributed by atoms with Gasteiger partial charge in [-0.2, -0.15) is 0 Å². The lowest BCUT2D eigenvalue weighted by molar-refractivity contribution is -0.139. The van der Waals surface area contributed by atoms with Gasteiger partial charge in [0.25, 0.3) is 0 Å². The summed E-state index contributed by atoms with van der Waals surface area (Å²) < 4.78 is 5.14. The Hall–Kier alpha value is -1.51. The van der Waals surface area contributed by atoms with Crippen LogP contribution in [-0.2, 0) is 9.53 Å². The second-order valence-electron chi connectivity index (χ2n) is 4.31. The molecule has 2 heterocycles. The van der Waals surface area contributed by atoms with E-state index in [9.17, 15) is 4.79 Å². The number of hydrogen-bond donors (Lipinski definition) is 0. The van der Waals surface area contributed by atoms with E-state index in [-0.39, 0.29) is 11.9 Å². The molecule has 0 aliphatic carbocycles. The van der Waals surface area contributed by atoms with Gasteiger partial charge in [0.15, 0.2) is 0 Å². The van der Waals surface area contributed by atoms with Gasteiger partial charge < -0.3 is 9.64 Å². The summed E-state index contributed by atoms with van der Waals surface area (Å²) in [7, 11) is 2.07. The molecule has 78 valence electrons. The predicted molar refractivity (Wildman–Crippen MR) is 56.9 cm³/mol. The fourth-order valence-electron chi connectivity index (χ4n) is 2.65. The number of para-hydroxylation sites is 1. The first-order valence-electron chi connectivity index (χ1n) is 5.24. The van der Waals surface area contributed by atoms with Gasteiger partial charge in [-0.25, -0.2) is 0 Å². The van der Waals surface area contributed by atoms with Crippen molar-refractivity contribution in [1.82, 2.24) is 0 Å². The number of carbonyl (C=O) groups excluding carboxylic acids is 1. The van der Waals surface area contributed by atoms with E-state index in [1.54, 1.807) is 0 Å². The third-order valence-electron chi connectivity index (χ3n) is 3.36. The van der Waals surface area contributed by atoms with Gasteiger partial charge in [0.2, 0.25) is 0 Å². The van der Waals surface area contributed by atoms with Crippen LogP contribution in [0.2, 0.25) is 0 Å². The molecule has 3 nitrogen and oxygen atoms in total. The van der Waals surface area contributed by atoms with E-state index < -0.39 is 0 Å². The van der Waals surface area contributed by atoms with Gasteiger partial charge in [0, 0.05) is 25.2 Å². The van der Waals surface area contributed by atoms with Crippen LogP contribution in [0.4, 0.5) is 5.69 Å². The van der Waals surface area contributed by atoms with Crippen LogP contribution < -0.4 is 4.90 Å². The molecule has 0 aromatic heterocycles. The number of ether oxygens (including phenoxy) is 1. The maximum atomic E-state index is 11.6. The monoisotopic (exact) mass is 203 g/mol. The Labute approximate surface area is 88.6 Å². The molecule has 0 saturated carbocycles. The molecule has 0 N–H and O–H groups in total. The zero-order valence-electron chi connectivity index (χ0n) is 8.64. The first-order chi connectivity index (χ1) is 7.27. The molecule has 3 heteroatoms. The number of nitrogens with zero attached hydrogens (tertiary/aromatic N) is 1. The molecule has 1 aromatic carbocycles. The fourth-order valence-corrected chi connectivity index (χ4v) is 2.65. The van der Waals surface area contributed by atoms with Gasteiger partial charge in [0.1, 0.15) is 0 Å². The van der Waals surface area contributed by atoms with Crippen molar-refractivity contribution in [1.29, 1.82) is 0 Å². The number of rotatable bonds is 0. The Morgan fingerprint density at radius 1 is 1.40 bits per heavy atom. The molecule has 15 heavy (non-hydrogen) atoms. The topological polar surface area (TPSA) is 29.5 Å². The number of hydrogen-bond acceptors (Lipinski definition) is 3. The van der Waals surface area contributed by atoms with E-state index in [1.807, 2.05) is 18.2 Å². The lowest BCUT2D eigenvalue weighted by atomic mass is 9.83. The van der Waals surface area contributed by atoms with Gasteiger partial charge in [-0.05, 0) is 11.6 Å². The summed E-state index contributed by atoms with van der Waals surface area (Å²) in [6, 6.07) is 8.10. The van der Waals surface area contributed by atoms with Gasteiger partial charge >= 0.3 is 5.97 Å². The minimum Gasteiger partial charge on any atom is -0.465 e. The van der Waals surface area contributed by atoms with Crippen LogP contribution >= 0.6 is 0 Å². The van der Waals surface area contributed by atoms with Crippen LogP contribution in [0.1, 0.15) is 11.5 Å². The predicted octanol–water partition coefficient (Wildman–Crippen LogP) is 1.39. The quantitative estimate of drug-likeness (QED) is 0.597. The van der Waals surface area contributed by atoms with E-state index >= 15 is 0 Å². The molecular weight excluding hydrogens is 190 g/mol. The summed E-state index contributed by atoms with van der Waals surface area (Å²) in [5, 5.41) is 0. The molecule has 3 rings (SSSR count). The van der Waals surface area contributed by atoms with Gasteiger partial charge in [0.05, 0.1) is 12.5 Å². The second kappa shape index (κ2) is 2.99. The standard InChI is InChI=1S/C12H13NO2/c1-13-6-8-7-15-12(14)11(8)9-4-2-3-5-10(9)13/h2-5,8,11H,6-7H2,1H3/t8-,11+/m0/s1. The van der Waals surface area contributed by atoms with E-state index in [4.69, 9.17) is 4.74 Å². The van der Waals surface area contributed by atoms with E-state index in [0.29, 0.717) is 12.5 Å². The molecule has 1 aromatic rings. The number of carbonyl (C=O) groups is 1. The highest BCUT2D eigenvalue weighted by Gasteiger charge is 2.42. The molecule has 1 saturated heterocycles. The Morgan fingerprint density at radius 3 is 3.07 bits per heavy atom. The van der Waals surface area contributed by atoms with Crippen molar-refractivity contribution in [3.63, 3.8) is 0 Å². The minimum atomic E-state index is -0.0550. The molecular formula is C12H13NO2. The molecule has 2 atom stereocenters. The Morgan fingerprint density at radius 2 is 2.20 bits per heavy atom. The zero-order chi connectivity index (χ0) is 10.4. The van der Waals surface area contributed by atoms with Crippen molar-refractivity contribution < 1.29 is 9.53 Å². The van der Waals surface area contributed by atoms with Crippen LogP contribution in [0.25, 0.3) is 0 Å². The number of esters is 1. The number of fused-ring (bicyclic) bond motifs is 3. The summed E-state index contributed by atoms with van der Waals surface area (Å²) in [5.74, 6) is 0.246. The number of cyclic esters (lactones) is 1. The van der Waals surface area contributed by atoms with Crippen molar-refractivity contribution in [2.45, 2.75) is 5.92 Å². The summed E-state index contributed by atoms with van der Waals surface area (Å²) in [4.78, 5) is 13.8. The smallest absolute Gasteiger partial charge is 0.313 e. The van der Waals surface area contributed by atoms with Crippen LogP contribution in [0, 0.1) is 5.92 Å². The molecule has 1 fully saturated rings. The Balaban J connectivity index is 2.13. The van der Waals surface area contributed by atoms with Crippen molar-refractivity contribution >= 4 is 11.7 Å². The summed E-state index contributed by atoms with van der Waals surface area (Å²) >= 11 is 0. The summed E-state index contributed by atoms with van der Waals surface area (Å²) in [5.41, 5.74) is 2.29. The van der Waals surface area contributed by atoms with Crippen LogP contribution in [0.5, 0.6) is 0 Å². The van der Waals surface area contributed by atoms with E-state index in [0.717, 1.165) is 17.8 Å². The SMILES string of the molecule is CN1C[C@H]2COC(=O)[C@H]2c2ccccc21. The second-order valence-corrected chi connectivity index (χ2v) is 4.31. The van der Waals surface area contributed by atoms with Crippen LogP contribution in [0.15, 0.2) is 24.3 Å². The first kappa shape index (κ1) is 8.77. The molecule has 0 radical (unpaired) electrons. The largest absolute Gasteiger partial charge is 0.465 e. The maximum absolute atomic E-state index is 11.6. The average molecular weight is 203 g/mol. The van der Waals surface area contributed by atoms with Crippen molar-refractivity contribution in [3.05, 3.63) is 29.8 Å². The van der Waals surface area contributed by atoms with Crippen molar-refractivity contribution in [2.24, 2.45) is 5.92 Å². The molecule has 2 aliphatic heterocycles. The van der Waals surface area contributed by atoms with E-state index in [2.05, 4.69) is 18.0 Å². The molecule has 0 unspecified atom stereocenters. The maximum Gasteiger partial charge on any atom is 0.313 e. The highest BCUT2D eigenvalue weighted by atomic mass is 16.5. The highest BCUT2D eigenvalue weighted by molar-refractivity contribution is 5.84. The van der Waals surface area contributed by atoms with Crippen molar-refractivity contribution in [2.75, 3.05) is 25.1 Å². The molecule has 0 amide bonds. The Bertz CT molecular complexity index is 416. The lowest BCUT2D eigenvalue weighted by Crippen LogP contribution is -2.35. The lowest BCUT2D eigenvalue weighted by Gasteiger charge is -2.33. The third-order valence-corrected chi connectivity index (χ3v) is 3.36.